The minimum absolute atomic E-state index is 0.314. The minimum Gasteiger partial charge on any atom is -0.312 e. The molecule has 0 aliphatic heterocycles. The van der Waals surface area contributed by atoms with E-state index in [9.17, 15) is 8.78 Å². The highest BCUT2D eigenvalue weighted by molar-refractivity contribution is 4.78. The van der Waals surface area contributed by atoms with Gasteiger partial charge in [0.15, 0.2) is 0 Å². The van der Waals surface area contributed by atoms with Crippen molar-refractivity contribution in [3.8, 4) is 0 Å². The lowest BCUT2D eigenvalue weighted by Gasteiger charge is -2.11. The maximum Gasteiger partial charge on any atom is 0.253 e. The van der Waals surface area contributed by atoms with Gasteiger partial charge in [-0.25, -0.2) is 8.78 Å². The van der Waals surface area contributed by atoms with Crippen LogP contribution in [-0.4, -0.2) is 19.5 Å². The molecule has 0 bridgehead atoms. The van der Waals surface area contributed by atoms with Crippen LogP contribution in [0.5, 0.6) is 0 Å². The van der Waals surface area contributed by atoms with Crippen LogP contribution in [0.4, 0.5) is 8.78 Å². The topological polar surface area (TPSA) is 12.0 Å². The van der Waals surface area contributed by atoms with Gasteiger partial charge in [0.1, 0.15) is 0 Å². The van der Waals surface area contributed by atoms with E-state index in [0.717, 1.165) is 0 Å². The summed E-state index contributed by atoms with van der Waals surface area (Å²) in [5.74, 6) is 0. The van der Waals surface area contributed by atoms with Gasteiger partial charge in [-0.2, -0.15) is 0 Å². The molecule has 0 spiro atoms. The Hall–Kier alpha value is -0.440. The van der Waals surface area contributed by atoms with E-state index in [2.05, 4.69) is 11.9 Å². The Labute approximate surface area is 53.8 Å². The van der Waals surface area contributed by atoms with Gasteiger partial charge in [-0.1, -0.05) is 6.08 Å². The van der Waals surface area contributed by atoms with Crippen LogP contribution in [0.2, 0.25) is 0 Å². The molecular formula is C6H11F2N. The molecule has 0 saturated carbocycles. The lowest BCUT2D eigenvalue weighted by Crippen LogP contribution is -2.31. The van der Waals surface area contributed by atoms with Gasteiger partial charge >= 0.3 is 0 Å². The van der Waals surface area contributed by atoms with Gasteiger partial charge in [-0.15, -0.1) is 6.58 Å². The van der Waals surface area contributed by atoms with Crippen LogP contribution < -0.4 is 5.32 Å². The van der Waals surface area contributed by atoms with Gasteiger partial charge in [-0.05, 0) is 13.5 Å². The molecule has 0 aliphatic carbocycles. The van der Waals surface area contributed by atoms with Crippen molar-refractivity contribution >= 4 is 0 Å². The SMILES string of the molecule is C=CCC(NC)C(F)F. The number of rotatable bonds is 4. The first-order valence-electron chi connectivity index (χ1n) is 2.78. The Kier molecular flexibility index (Phi) is 4.22. The lowest BCUT2D eigenvalue weighted by atomic mass is 10.2. The van der Waals surface area contributed by atoms with Crippen LogP contribution in [0.3, 0.4) is 0 Å². The van der Waals surface area contributed by atoms with Crippen molar-refractivity contribution in [1.29, 1.82) is 0 Å². The molecule has 0 aromatic heterocycles. The first-order chi connectivity index (χ1) is 4.22. The summed E-state index contributed by atoms with van der Waals surface area (Å²) in [5.41, 5.74) is 0. The number of alkyl halides is 2. The van der Waals surface area contributed by atoms with Crippen LogP contribution in [0.1, 0.15) is 6.42 Å². The highest BCUT2D eigenvalue weighted by Gasteiger charge is 2.15. The van der Waals surface area contributed by atoms with Gasteiger partial charge < -0.3 is 5.32 Å². The Bertz CT molecular complexity index is 83.1. The monoisotopic (exact) mass is 135 g/mol. The third-order valence-corrected chi connectivity index (χ3v) is 1.10. The molecule has 0 aromatic rings. The summed E-state index contributed by atoms with van der Waals surface area (Å²) in [7, 11) is 1.51. The second-order valence-corrected chi connectivity index (χ2v) is 1.75. The zero-order valence-corrected chi connectivity index (χ0v) is 5.40. The smallest absolute Gasteiger partial charge is 0.253 e. The Balaban J connectivity index is 3.53. The fourth-order valence-electron chi connectivity index (χ4n) is 0.526. The van der Waals surface area contributed by atoms with E-state index < -0.39 is 12.5 Å². The number of hydrogen-bond acceptors (Lipinski definition) is 1. The third-order valence-electron chi connectivity index (χ3n) is 1.10. The van der Waals surface area contributed by atoms with Crippen LogP contribution in [0, 0.1) is 0 Å². The molecule has 0 aromatic carbocycles. The summed E-state index contributed by atoms with van der Waals surface area (Å²) >= 11 is 0. The molecular weight excluding hydrogens is 124 g/mol. The van der Waals surface area contributed by atoms with Gasteiger partial charge in [0.2, 0.25) is 0 Å². The summed E-state index contributed by atoms with van der Waals surface area (Å²) in [6.07, 6.45) is -0.505. The molecule has 9 heavy (non-hydrogen) atoms. The molecule has 0 saturated heterocycles. The highest BCUT2D eigenvalue weighted by Crippen LogP contribution is 2.03. The van der Waals surface area contributed by atoms with Crippen molar-refractivity contribution in [3.05, 3.63) is 12.7 Å². The lowest BCUT2D eigenvalue weighted by molar-refractivity contribution is 0.103. The van der Waals surface area contributed by atoms with E-state index >= 15 is 0 Å². The van der Waals surface area contributed by atoms with Crippen molar-refractivity contribution in [2.45, 2.75) is 18.9 Å². The summed E-state index contributed by atoms with van der Waals surface area (Å²) in [5, 5.41) is 2.48. The molecule has 1 N–H and O–H groups in total. The molecule has 1 atom stereocenters. The van der Waals surface area contributed by atoms with Gasteiger partial charge in [0, 0.05) is 0 Å². The minimum atomic E-state index is -2.30. The third kappa shape index (κ3) is 3.19. The molecule has 1 nitrogen and oxygen atoms in total. The number of hydrogen-bond donors (Lipinski definition) is 1. The molecule has 54 valence electrons. The van der Waals surface area contributed by atoms with Gasteiger partial charge in [0.25, 0.3) is 6.43 Å². The van der Waals surface area contributed by atoms with Crippen LogP contribution in [-0.2, 0) is 0 Å². The fourth-order valence-corrected chi connectivity index (χ4v) is 0.526. The Morgan fingerprint density at radius 1 is 1.67 bits per heavy atom. The first-order valence-corrected chi connectivity index (χ1v) is 2.78. The average molecular weight is 135 g/mol. The summed E-state index contributed by atoms with van der Waals surface area (Å²) in [6, 6.07) is -0.734. The molecule has 0 radical (unpaired) electrons. The van der Waals surface area contributed by atoms with E-state index in [1.54, 1.807) is 0 Å². The van der Waals surface area contributed by atoms with E-state index in [-0.39, 0.29) is 0 Å². The van der Waals surface area contributed by atoms with Crippen molar-refractivity contribution in [1.82, 2.24) is 5.32 Å². The van der Waals surface area contributed by atoms with E-state index in [1.165, 1.54) is 13.1 Å². The van der Waals surface area contributed by atoms with Crippen LogP contribution >= 0.6 is 0 Å². The number of halogens is 2. The van der Waals surface area contributed by atoms with E-state index in [1.807, 2.05) is 0 Å². The predicted molar refractivity (Wildman–Crippen MR) is 33.7 cm³/mol. The first kappa shape index (κ1) is 8.56. The van der Waals surface area contributed by atoms with Crippen LogP contribution in [0.25, 0.3) is 0 Å². The maximum absolute atomic E-state index is 11.8. The zero-order chi connectivity index (χ0) is 7.28. The zero-order valence-electron chi connectivity index (χ0n) is 5.40. The average Bonchev–Trinajstić information content (AvgIpc) is 1.82. The van der Waals surface area contributed by atoms with Crippen molar-refractivity contribution in [3.63, 3.8) is 0 Å². The van der Waals surface area contributed by atoms with Crippen molar-refractivity contribution in [2.75, 3.05) is 7.05 Å². The molecule has 0 aliphatic rings. The van der Waals surface area contributed by atoms with Crippen molar-refractivity contribution in [2.24, 2.45) is 0 Å². The molecule has 0 amide bonds. The fraction of sp³-hybridized carbons (Fsp3) is 0.667. The van der Waals surface area contributed by atoms with Gasteiger partial charge in [-0.3, -0.25) is 0 Å². The molecule has 1 unspecified atom stereocenters. The summed E-state index contributed by atoms with van der Waals surface area (Å²) in [4.78, 5) is 0. The number of nitrogens with one attached hydrogen (secondary N) is 1. The molecule has 0 fully saturated rings. The quantitative estimate of drug-likeness (QED) is 0.575. The van der Waals surface area contributed by atoms with E-state index in [0.29, 0.717) is 6.42 Å². The predicted octanol–water partition coefficient (Wildman–Crippen LogP) is 1.42. The molecule has 0 heterocycles. The maximum atomic E-state index is 11.8. The summed E-state index contributed by atoms with van der Waals surface area (Å²) in [6.45, 7) is 3.36. The second kappa shape index (κ2) is 4.44. The standard InChI is InChI=1S/C6H11F2N/c1-3-4-5(9-2)6(7)8/h3,5-6,9H,1,4H2,2H3. The summed E-state index contributed by atoms with van der Waals surface area (Å²) < 4.78 is 23.6. The normalized spacial score (nSPS) is 13.8. The van der Waals surface area contributed by atoms with Crippen LogP contribution in [0.15, 0.2) is 12.7 Å². The largest absolute Gasteiger partial charge is 0.312 e. The Morgan fingerprint density at radius 3 is 2.33 bits per heavy atom. The molecule has 0 rings (SSSR count). The van der Waals surface area contributed by atoms with Gasteiger partial charge in [0.05, 0.1) is 6.04 Å². The van der Waals surface area contributed by atoms with E-state index in [4.69, 9.17) is 0 Å². The Morgan fingerprint density at radius 2 is 2.22 bits per heavy atom. The molecule has 3 heteroatoms. The second-order valence-electron chi connectivity index (χ2n) is 1.75. The highest BCUT2D eigenvalue weighted by atomic mass is 19.3. The van der Waals surface area contributed by atoms with Crippen molar-refractivity contribution < 1.29 is 8.78 Å².